The number of nitrogens with zero attached hydrogens (tertiary/aromatic N) is 1. The number of sulfone groups is 1. The monoisotopic (exact) mass is 365 g/mol. The van der Waals surface area contributed by atoms with Crippen LogP contribution >= 0.6 is 0 Å². The first kappa shape index (κ1) is 18.7. The fraction of sp³-hybridized carbons (Fsp3) is 0.294. The minimum atomic E-state index is -3.20. The topological polar surface area (TPSA) is 93.9 Å². The summed E-state index contributed by atoms with van der Waals surface area (Å²) >= 11 is 0. The van der Waals surface area contributed by atoms with Gasteiger partial charge >= 0.3 is 5.97 Å². The van der Waals surface area contributed by atoms with Gasteiger partial charge < -0.3 is 14.1 Å². The van der Waals surface area contributed by atoms with Gasteiger partial charge in [0.2, 0.25) is 0 Å². The molecule has 1 heterocycles. The molecule has 8 heteroatoms. The Morgan fingerprint density at radius 2 is 1.96 bits per heavy atom. The lowest BCUT2D eigenvalue weighted by Crippen LogP contribution is -2.30. The molecule has 1 aromatic heterocycles. The van der Waals surface area contributed by atoms with Crippen molar-refractivity contribution in [2.24, 2.45) is 0 Å². The Kier molecular flexibility index (Phi) is 5.97. The summed E-state index contributed by atoms with van der Waals surface area (Å²) in [6.45, 7) is -0.139. The van der Waals surface area contributed by atoms with Gasteiger partial charge in [-0.1, -0.05) is 12.1 Å². The molecule has 0 atom stereocenters. The number of esters is 1. The lowest BCUT2D eigenvalue weighted by atomic mass is 10.1. The Hall–Kier alpha value is -2.61. The number of amides is 1. The maximum Gasteiger partial charge on any atom is 0.338 e. The van der Waals surface area contributed by atoms with Crippen LogP contribution in [0.3, 0.4) is 0 Å². The summed E-state index contributed by atoms with van der Waals surface area (Å²) in [4.78, 5) is 25.4. The molecule has 2 rings (SSSR count). The van der Waals surface area contributed by atoms with Gasteiger partial charge in [-0.25, -0.2) is 13.2 Å². The predicted molar refractivity (Wildman–Crippen MR) is 90.5 cm³/mol. The molecule has 0 aliphatic rings. The van der Waals surface area contributed by atoms with E-state index >= 15 is 0 Å². The smallest absolute Gasteiger partial charge is 0.338 e. The van der Waals surface area contributed by atoms with Crippen LogP contribution in [0.1, 0.15) is 21.7 Å². The van der Waals surface area contributed by atoms with Crippen molar-refractivity contribution in [2.75, 3.05) is 19.9 Å². The van der Waals surface area contributed by atoms with Gasteiger partial charge in [-0.05, 0) is 29.8 Å². The van der Waals surface area contributed by atoms with Crippen molar-refractivity contribution < 1.29 is 27.2 Å². The Morgan fingerprint density at radius 1 is 1.20 bits per heavy atom. The summed E-state index contributed by atoms with van der Waals surface area (Å²) in [6, 6.07) is 9.59. The summed E-state index contributed by atoms with van der Waals surface area (Å²) in [5, 5.41) is 0. The number of likely N-dealkylation sites (N-methyl/N-ethyl adjacent to an activating group) is 1. The highest BCUT2D eigenvalue weighted by Gasteiger charge is 2.15. The van der Waals surface area contributed by atoms with E-state index in [1.54, 1.807) is 31.3 Å². The van der Waals surface area contributed by atoms with Gasteiger partial charge in [0, 0.05) is 13.3 Å². The van der Waals surface area contributed by atoms with E-state index < -0.39 is 22.4 Å². The Morgan fingerprint density at radius 3 is 2.60 bits per heavy atom. The van der Waals surface area contributed by atoms with Gasteiger partial charge in [0.1, 0.15) is 5.76 Å². The SMILES string of the molecule is CN(Cc1ccco1)C(=O)COC(=O)c1cccc(CS(C)(=O)=O)c1. The molecule has 0 spiro atoms. The number of benzene rings is 1. The summed E-state index contributed by atoms with van der Waals surface area (Å²) in [5.74, 6) is -0.610. The second-order valence-corrected chi connectivity index (χ2v) is 7.82. The second kappa shape index (κ2) is 7.98. The van der Waals surface area contributed by atoms with E-state index in [-0.39, 0.29) is 23.8 Å². The normalized spacial score (nSPS) is 11.1. The van der Waals surface area contributed by atoms with E-state index in [4.69, 9.17) is 9.15 Å². The Balaban J connectivity index is 1.91. The van der Waals surface area contributed by atoms with Crippen molar-refractivity contribution in [1.29, 1.82) is 0 Å². The average Bonchev–Trinajstić information content (AvgIpc) is 3.03. The van der Waals surface area contributed by atoms with Crippen LogP contribution in [0.25, 0.3) is 0 Å². The van der Waals surface area contributed by atoms with E-state index in [2.05, 4.69) is 0 Å². The molecule has 2 aromatic rings. The van der Waals surface area contributed by atoms with Crippen molar-refractivity contribution in [2.45, 2.75) is 12.3 Å². The first-order chi connectivity index (χ1) is 11.7. The minimum absolute atomic E-state index is 0.168. The van der Waals surface area contributed by atoms with Gasteiger partial charge in [-0.2, -0.15) is 0 Å². The number of ether oxygens (including phenoxy) is 1. The van der Waals surface area contributed by atoms with Crippen LogP contribution in [0.4, 0.5) is 0 Å². The molecule has 0 radical (unpaired) electrons. The Labute approximate surface area is 146 Å². The molecule has 0 aliphatic heterocycles. The largest absolute Gasteiger partial charge is 0.467 e. The van der Waals surface area contributed by atoms with Crippen LogP contribution in [0.15, 0.2) is 47.1 Å². The molecule has 0 bridgehead atoms. The first-order valence-electron chi connectivity index (χ1n) is 7.45. The molecule has 1 amide bonds. The zero-order valence-corrected chi connectivity index (χ0v) is 14.8. The van der Waals surface area contributed by atoms with Crippen LogP contribution in [0.2, 0.25) is 0 Å². The molecule has 0 aliphatic carbocycles. The standard InChI is InChI=1S/C17H19NO6S/c1-18(10-15-7-4-8-23-15)16(19)11-24-17(20)14-6-3-5-13(9-14)12-25(2,21)22/h3-9H,10-12H2,1-2H3. The number of carbonyl (C=O) groups excluding carboxylic acids is 2. The maximum absolute atomic E-state index is 12.0. The van der Waals surface area contributed by atoms with Crippen molar-refractivity contribution in [3.8, 4) is 0 Å². The molecule has 7 nitrogen and oxygen atoms in total. The van der Waals surface area contributed by atoms with Crippen LogP contribution in [-0.2, 0) is 31.7 Å². The lowest BCUT2D eigenvalue weighted by Gasteiger charge is -2.15. The quantitative estimate of drug-likeness (QED) is 0.693. The van der Waals surface area contributed by atoms with Crippen LogP contribution in [-0.4, -0.2) is 45.1 Å². The molecule has 0 saturated heterocycles. The number of rotatable bonds is 7. The molecule has 134 valence electrons. The first-order valence-corrected chi connectivity index (χ1v) is 9.51. The van der Waals surface area contributed by atoms with Crippen LogP contribution in [0, 0.1) is 0 Å². The van der Waals surface area contributed by atoms with E-state index in [1.165, 1.54) is 23.3 Å². The van der Waals surface area contributed by atoms with Gasteiger partial charge in [-0.3, -0.25) is 4.79 Å². The predicted octanol–water partition coefficient (Wildman–Crippen LogP) is 1.64. The molecule has 25 heavy (non-hydrogen) atoms. The highest BCUT2D eigenvalue weighted by Crippen LogP contribution is 2.10. The van der Waals surface area contributed by atoms with Crippen LogP contribution < -0.4 is 0 Å². The van der Waals surface area contributed by atoms with Crippen molar-refractivity contribution in [3.63, 3.8) is 0 Å². The van der Waals surface area contributed by atoms with E-state index in [1.807, 2.05) is 0 Å². The van der Waals surface area contributed by atoms with Gasteiger partial charge in [0.15, 0.2) is 16.4 Å². The number of furan rings is 1. The summed E-state index contributed by atoms with van der Waals surface area (Å²) in [7, 11) is -1.63. The molecule has 0 unspecified atom stereocenters. The zero-order valence-electron chi connectivity index (χ0n) is 14.0. The van der Waals surface area contributed by atoms with Gasteiger partial charge in [-0.15, -0.1) is 0 Å². The number of hydrogen-bond donors (Lipinski definition) is 0. The summed E-state index contributed by atoms with van der Waals surface area (Å²) in [5.41, 5.74) is 0.681. The zero-order chi connectivity index (χ0) is 18.4. The van der Waals surface area contributed by atoms with E-state index in [0.717, 1.165) is 6.26 Å². The van der Waals surface area contributed by atoms with Crippen molar-refractivity contribution in [1.82, 2.24) is 4.90 Å². The molecular formula is C17H19NO6S. The third kappa shape index (κ3) is 6.07. The molecule has 1 aromatic carbocycles. The molecule has 0 fully saturated rings. The van der Waals surface area contributed by atoms with Crippen molar-refractivity contribution in [3.05, 3.63) is 59.5 Å². The lowest BCUT2D eigenvalue weighted by molar-refractivity contribution is -0.133. The third-order valence-electron chi connectivity index (χ3n) is 3.32. The molecular weight excluding hydrogens is 346 g/mol. The van der Waals surface area contributed by atoms with E-state index in [9.17, 15) is 18.0 Å². The van der Waals surface area contributed by atoms with Crippen LogP contribution in [0.5, 0.6) is 0 Å². The highest BCUT2D eigenvalue weighted by molar-refractivity contribution is 7.89. The Bertz CT molecular complexity index is 842. The number of hydrogen-bond acceptors (Lipinski definition) is 6. The molecule has 0 saturated carbocycles. The fourth-order valence-corrected chi connectivity index (χ4v) is 2.92. The van der Waals surface area contributed by atoms with Gasteiger partial charge in [0.25, 0.3) is 5.91 Å². The van der Waals surface area contributed by atoms with Gasteiger partial charge in [0.05, 0.1) is 24.1 Å². The third-order valence-corrected chi connectivity index (χ3v) is 4.17. The highest BCUT2D eigenvalue weighted by atomic mass is 32.2. The minimum Gasteiger partial charge on any atom is -0.467 e. The van der Waals surface area contributed by atoms with E-state index in [0.29, 0.717) is 11.3 Å². The number of carbonyl (C=O) groups is 2. The average molecular weight is 365 g/mol. The summed E-state index contributed by atoms with van der Waals surface area (Å²) < 4.78 is 32.8. The molecule has 0 N–H and O–H groups in total. The fourth-order valence-electron chi connectivity index (χ4n) is 2.14. The van der Waals surface area contributed by atoms with Crippen molar-refractivity contribution >= 4 is 21.7 Å². The summed E-state index contributed by atoms with van der Waals surface area (Å²) in [6.07, 6.45) is 2.63. The maximum atomic E-state index is 12.0. The second-order valence-electron chi connectivity index (χ2n) is 5.68.